The summed E-state index contributed by atoms with van der Waals surface area (Å²) in [4.78, 5) is 40.4. The summed E-state index contributed by atoms with van der Waals surface area (Å²) >= 11 is 0. The van der Waals surface area contributed by atoms with E-state index in [0.717, 1.165) is 23.7 Å². The second-order valence-corrected chi connectivity index (χ2v) is 6.60. The van der Waals surface area contributed by atoms with Gasteiger partial charge in [0.25, 0.3) is 17.2 Å². The zero-order valence-corrected chi connectivity index (χ0v) is 15.6. The summed E-state index contributed by atoms with van der Waals surface area (Å²) in [5, 5.41) is 11.9. The van der Waals surface area contributed by atoms with E-state index in [2.05, 4.69) is 4.98 Å². The molecule has 0 bridgehead atoms. The normalized spacial score (nSPS) is 10.8. The van der Waals surface area contributed by atoms with Crippen LogP contribution in [0.1, 0.15) is 35.7 Å². The summed E-state index contributed by atoms with van der Waals surface area (Å²) in [7, 11) is 0. The minimum absolute atomic E-state index is 0.134. The molecule has 28 heavy (non-hydrogen) atoms. The van der Waals surface area contributed by atoms with E-state index in [0.29, 0.717) is 12.1 Å². The minimum atomic E-state index is -0.527. The Morgan fingerprint density at radius 2 is 1.93 bits per heavy atom. The Morgan fingerprint density at radius 3 is 2.68 bits per heavy atom. The lowest BCUT2D eigenvalue weighted by Crippen LogP contribution is -2.33. The van der Waals surface area contributed by atoms with Crippen molar-refractivity contribution in [3.8, 4) is 0 Å². The SMILES string of the molecule is CCCCN(Cc1cc2ccccc2[nH]c1=O)C(=O)c1cccc([N+](=O)[O-])c1. The smallest absolute Gasteiger partial charge is 0.270 e. The van der Waals surface area contributed by atoms with Crippen LogP contribution in [0.25, 0.3) is 10.9 Å². The average molecular weight is 379 g/mol. The molecule has 0 aliphatic carbocycles. The maximum atomic E-state index is 13.0. The van der Waals surface area contributed by atoms with Gasteiger partial charge in [-0.15, -0.1) is 0 Å². The lowest BCUT2D eigenvalue weighted by molar-refractivity contribution is -0.384. The number of nitrogens with zero attached hydrogens (tertiary/aromatic N) is 2. The van der Waals surface area contributed by atoms with Gasteiger partial charge in [0.05, 0.1) is 11.5 Å². The molecular formula is C21H21N3O4. The number of unbranched alkanes of at least 4 members (excludes halogenated alkanes) is 1. The van der Waals surface area contributed by atoms with Gasteiger partial charge in [0.15, 0.2) is 0 Å². The molecule has 0 aliphatic heterocycles. The second kappa shape index (κ2) is 8.47. The number of para-hydroxylation sites is 1. The number of benzene rings is 2. The third-order valence-electron chi connectivity index (χ3n) is 4.56. The van der Waals surface area contributed by atoms with E-state index >= 15 is 0 Å². The molecule has 0 saturated carbocycles. The lowest BCUT2D eigenvalue weighted by Gasteiger charge is -2.22. The molecule has 7 heteroatoms. The van der Waals surface area contributed by atoms with Crippen molar-refractivity contribution in [1.82, 2.24) is 9.88 Å². The standard InChI is InChI=1S/C21H21N3O4/c1-2-3-11-23(21(26)16-8-6-9-18(13-16)24(27)28)14-17-12-15-7-4-5-10-19(15)22-20(17)25/h4-10,12-13H,2-3,11,14H2,1H3,(H,22,25). The lowest BCUT2D eigenvalue weighted by atomic mass is 10.1. The Kier molecular flexibility index (Phi) is 5.84. The zero-order chi connectivity index (χ0) is 20.1. The summed E-state index contributed by atoms with van der Waals surface area (Å²) < 4.78 is 0. The number of amides is 1. The van der Waals surface area contributed by atoms with Gasteiger partial charge in [0, 0.05) is 35.3 Å². The van der Waals surface area contributed by atoms with Crippen LogP contribution in [0.3, 0.4) is 0 Å². The average Bonchev–Trinajstić information content (AvgIpc) is 2.71. The number of carbonyl (C=O) groups excluding carboxylic acids is 1. The van der Waals surface area contributed by atoms with E-state index in [1.807, 2.05) is 31.2 Å². The fourth-order valence-corrected chi connectivity index (χ4v) is 3.05. The van der Waals surface area contributed by atoms with Crippen LogP contribution in [0.5, 0.6) is 0 Å². The quantitative estimate of drug-likeness (QED) is 0.498. The summed E-state index contributed by atoms with van der Waals surface area (Å²) in [6.45, 7) is 2.62. The molecule has 144 valence electrons. The van der Waals surface area contributed by atoms with Gasteiger partial charge >= 0.3 is 0 Å². The molecule has 1 N–H and O–H groups in total. The number of carbonyl (C=O) groups is 1. The van der Waals surface area contributed by atoms with Crippen molar-refractivity contribution in [2.45, 2.75) is 26.3 Å². The summed E-state index contributed by atoms with van der Waals surface area (Å²) in [6, 6.07) is 14.9. The molecule has 3 aromatic rings. The Morgan fingerprint density at radius 1 is 1.14 bits per heavy atom. The van der Waals surface area contributed by atoms with Crippen LogP contribution >= 0.6 is 0 Å². The largest absolute Gasteiger partial charge is 0.334 e. The van der Waals surface area contributed by atoms with Crippen molar-refractivity contribution in [2.75, 3.05) is 6.54 Å². The van der Waals surface area contributed by atoms with Gasteiger partial charge in [-0.25, -0.2) is 0 Å². The molecular weight excluding hydrogens is 358 g/mol. The number of fused-ring (bicyclic) bond motifs is 1. The van der Waals surface area contributed by atoms with Gasteiger partial charge in [0.2, 0.25) is 0 Å². The molecule has 1 heterocycles. The topological polar surface area (TPSA) is 96.3 Å². The van der Waals surface area contributed by atoms with E-state index in [4.69, 9.17) is 0 Å². The molecule has 1 aromatic heterocycles. The second-order valence-electron chi connectivity index (χ2n) is 6.60. The van der Waals surface area contributed by atoms with E-state index in [1.165, 1.54) is 18.2 Å². The highest BCUT2D eigenvalue weighted by molar-refractivity contribution is 5.94. The molecule has 0 unspecified atom stereocenters. The number of hydrogen-bond donors (Lipinski definition) is 1. The summed E-state index contributed by atoms with van der Waals surface area (Å²) in [5.41, 5.74) is 1.08. The van der Waals surface area contributed by atoms with Crippen molar-refractivity contribution in [3.05, 3.63) is 86.2 Å². The molecule has 2 aromatic carbocycles. The number of H-pyrrole nitrogens is 1. The van der Waals surface area contributed by atoms with Crippen LogP contribution in [0.4, 0.5) is 5.69 Å². The maximum Gasteiger partial charge on any atom is 0.270 e. The van der Waals surface area contributed by atoms with E-state index < -0.39 is 4.92 Å². The molecule has 1 amide bonds. The number of aromatic amines is 1. The van der Waals surface area contributed by atoms with Gasteiger partial charge in [-0.1, -0.05) is 37.6 Å². The third kappa shape index (κ3) is 4.25. The van der Waals surface area contributed by atoms with Crippen LogP contribution in [-0.2, 0) is 6.54 Å². The Labute approximate surface area is 161 Å². The monoisotopic (exact) mass is 379 g/mol. The number of hydrogen-bond acceptors (Lipinski definition) is 4. The first-order valence-electron chi connectivity index (χ1n) is 9.14. The van der Waals surface area contributed by atoms with Gasteiger partial charge in [-0.3, -0.25) is 19.7 Å². The van der Waals surface area contributed by atoms with Gasteiger partial charge < -0.3 is 9.88 Å². The minimum Gasteiger partial charge on any atom is -0.334 e. The molecule has 7 nitrogen and oxygen atoms in total. The van der Waals surface area contributed by atoms with Gasteiger partial charge in [-0.2, -0.15) is 0 Å². The number of nitrogens with one attached hydrogen (secondary N) is 1. The van der Waals surface area contributed by atoms with Crippen molar-refractivity contribution >= 4 is 22.5 Å². The number of pyridine rings is 1. The number of nitro benzene ring substituents is 1. The highest BCUT2D eigenvalue weighted by Gasteiger charge is 2.19. The molecule has 0 fully saturated rings. The fourth-order valence-electron chi connectivity index (χ4n) is 3.05. The van der Waals surface area contributed by atoms with Crippen LogP contribution < -0.4 is 5.56 Å². The maximum absolute atomic E-state index is 13.0. The fraction of sp³-hybridized carbons (Fsp3) is 0.238. The van der Waals surface area contributed by atoms with Gasteiger partial charge in [0.1, 0.15) is 0 Å². The predicted molar refractivity (Wildman–Crippen MR) is 107 cm³/mol. The van der Waals surface area contributed by atoms with Crippen LogP contribution in [0.15, 0.2) is 59.4 Å². The predicted octanol–water partition coefficient (Wildman–Crippen LogP) is 3.88. The Bertz CT molecular complexity index is 1070. The molecule has 0 atom stereocenters. The summed E-state index contributed by atoms with van der Waals surface area (Å²) in [5.74, 6) is -0.329. The highest BCUT2D eigenvalue weighted by atomic mass is 16.6. The van der Waals surface area contributed by atoms with Gasteiger partial charge in [-0.05, 0) is 30.0 Å². The van der Waals surface area contributed by atoms with Crippen molar-refractivity contribution in [3.63, 3.8) is 0 Å². The highest BCUT2D eigenvalue weighted by Crippen LogP contribution is 2.17. The van der Waals surface area contributed by atoms with Crippen molar-refractivity contribution in [2.24, 2.45) is 0 Å². The zero-order valence-electron chi connectivity index (χ0n) is 15.6. The number of nitro groups is 1. The molecule has 0 radical (unpaired) electrons. The third-order valence-corrected chi connectivity index (χ3v) is 4.56. The first kappa shape index (κ1) is 19.3. The first-order chi connectivity index (χ1) is 13.5. The molecule has 3 rings (SSSR count). The van der Waals surface area contributed by atoms with E-state index in [1.54, 1.807) is 17.0 Å². The number of rotatable bonds is 7. The van der Waals surface area contributed by atoms with Crippen LogP contribution in [0.2, 0.25) is 0 Å². The Hall–Kier alpha value is -3.48. The van der Waals surface area contributed by atoms with E-state index in [9.17, 15) is 19.7 Å². The van der Waals surface area contributed by atoms with E-state index in [-0.39, 0.29) is 29.3 Å². The number of aromatic nitrogens is 1. The molecule has 0 saturated heterocycles. The first-order valence-corrected chi connectivity index (χ1v) is 9.14. The molecule has 0 spiro atoms. The van der Waals surface area contributed by atoms with Crippen LogP contribution in [-0.4, -0.2) is 27.3 Å². The molecule has 0 aliphatic rings. The van der Waals surface area contributed by atoms with Crippen molar-refractivity contribution < 1.29 is 9.72 Å². The Balaban J connectivity index is 1.93. The summed E-state index contributed by atoms with van der Waals surface area (Å²) in [6.07, 6.45) is 1.65. The number of non-ortho nitro benzene ring substituents is 1. The van der Waals surface area contributed by atoms with Crippen molar-refractivity contribution in [1.29, 1.82) is 0 Å². The van der Waals surface area contributed by atoms with Crippen LogP contribution in [0, 0.1) is 10.1 Å².